The van der Waals surface area contributed by atoms with Gasteiger partial charge in [-0.3, -0.25) is 0 Å². The van der Waals surface area contributed by atoms with Crippen LogP contribution in [0.1, 0.15) is 26.7 Å². The number of hydrogen-bond acceptors (Lipinski definition) is 4. The van der Waals surface area contributed by atoms with Gasteiger partial charge in [-0.05, 0) is 31.0 Å². The highest BCUT2D eigenvalue weighted by Gasteiger charge is 2.26. The van der Waals surface area contributed by atoms with E-state index in [1.807, 2.05) is 5.51 Å². The third-order valence-electron chi connectivity index (χ3n) is 4.11. The molecule has 3 nitrogen and oxygen atoms in total. The van der Waals surface area contributed by atoms with Gasteiger partial charge in [-0.1, -0.05) is 13.8 Å². The average molecular weight is 275 g/mol. The Morgan fingerprint density at radius 2 is 2.26 bits per heavy atom. The molecular formula is C15H21N3S. The van der Waals surface area contributed by atoms with Crippen molar-refractivity contribution in [1.29, 1.82) is 0 Å². The second-order valence-corrected chi connectivity index (χ2v) is 6.12. The summed E-state index contributed by atoms with van der Waals surface area (Å²) in [5.41, 5.74) is 4.39. The Balaban J connectivity index is 1.91. The van der Waals surface area contributed by atoms with E-state index >= 15 is 0 Å². The van der Waals surface area contributed by atoms with Gasteiger partial charge in [-0.25, -0.2) is 4.98 Å². The van der Waals surface area contributed by atoms with Crippen molar-refractivity contribution in [2.45, 2.75) is 38.8 Å². The van der Waals surface area contributed by atoms with Crippen molar-refractivity contribution in [3.8, 4) is 0 Å². The molecule has 1 aliphatic heterocycles. The van der Waals surface area contributed by atoms with Gasteiger partial charge in [0.1, 0.15) is 0 Å². The lowest BCUT2D eigenvalue weighted by Crippen LogP contribution is -2.56. The number of benzene rings is 1. The molecule has 1 saturated heterocycles. The molecule has 0 radical (unpaired) electrons. The predicted octanol–water partition coefficient (Wildman–Crippen LogP) is 3.26. The largest absolute Gasteiger partial charge is 0.366 e. The Kier molecular flexibility index (Phi) is 3.71. The van der Waals surface area contributed by atoms with Gasteiger partial charge in [0, 0.05) is 30.9 Å². The summed E-state index contributed by atoms with van der Waals surface area (Å²) in [6.45, 7) is 6.74. The molecule has 1 aromatic carbocycles. The summed E-state index contributed by atoms with van der Waals surface area (Å²) in [5, 5.41) is 3.65. The molecule has 0 aliphatic carbocycles. The van der Waals surface area contributed by atoms with E-state index in [9.17, 15) is 0 Å². The van der Waals surface area contributed by atoms with Crippen LogP contribution in [0.3, 0.4) is 0 Å². The van der Waals surface area contributed by atoms with E-state index in [4.69, 9.17) is 0 Å². The zero-order chi connectivity index (χ0) is 13.2. The summed E-state index contributed by atoms with van der Waals surface area (Å²) in [6.07, 6.45) is 2.37. The van der Waals surface area contributed by atoms with Gasteiger partial charge >= 0.3 is 0 Å². The van der Waals surface area contributed by atoms with E-state index in [1.165, 1.54) is 23.2 Å². The number of hydrogen-bond donors (Lipinski definition) is 1. The summed E-state index contributed by atoms with van der Waals surface area (Å²) < 4.78 is 1.29. The summed E-state index contributed by atoms with van der Waals surface area (Å²) in [6, 6.07) is 7.89. The Hall–Kier alpha value is -1.13. The van der Waals surface area contributed by atoms with Crippen LogP contribution in [0.5, 0.6) is 0 Å². The zero-order valence-electron chi connectivity index (χ0n) is 11.6. The fourth-order valence-electron chi connectivity index (χ4n) is 2.84. The fourth-order valence-corrected chi connectivity index (χ4v) is 3.55. The van der Waals surface area contributed by atoms with Gasteiger partial charge in [-0.2, -0.15) is 0 Å². The second kappa shape index (κ2) is 5.47. The molecule has 2 heterocycles. The topological polar surface area (TPSA) is 28.2 Å². The SMILES string of the molecule is CCC1CN(c2ccc3ncsc3c2)C(CC)CN1. The summed E-state index contributed by atoms with van der Waals surface area (Å²) in [4.78, 5) is 6.94. The third kappa shape index (κ3) is 2.47. The number of nitrogens with zero attached hydrogens (tertiary/aromatic N) is 2. The molecule has 1 N–H and O–H groups in total. The number of anilines is 1. The molecule has 1 aliphatic rings. The van der Waals surface area contributed by atoms with Crippen molar-refractivity contribution in [2.24, 2.45) is 0 Å². The summed E-state index contributed by atoms with van der Waals surface area (Å²) in [7, 11) is 0. The number of piperazine rings is 1. The Labute approximate surface area is 118 Å². The summed E-state index contributed by atoms with van der Waals surface area (Å²) >= 11 is 1.73. The normalized spacial score (nSPS) is 24.0. The lowest BCUT2D eigenvalue weighted by Gasteiger charge is -2.41. The molecule has 19 heavy (non-hydrogen) atoms. The fraction of sp³-hybridized carbons (Fsp3) is 0.533. The van der Waals surface area contributed by atoms with Gasteiger partial charge in [0.15, 0.2) is 0 Å². The molecule has 0 spiro atoms. The van der Waals surface area contributed by atoms with Gasteiger partial charge in [0.25, 0.3) is 0 Å². The Morgan fingerprint density at radius 1 is 1.37 bits per heavy atom. The van der Waals surface area contributed by atoms with Crippen LogP contribution in [-0.2, 0) is 0 Å². The Morgan fingerprint density at radius 3 is 3.05 bits per heavy atom. The van der Waals surface area contributed by atoms with Crippen LogP contribution in [0.25, 0.3) is 10.2 Å². The van der Waals surface area contributed by atoms with Gasteiger partial charge in [-0.15, -0.1) is 11.3 Å². The van der Waals surface area contributed by atoms with Crippen LogP contribution in [-0.4, -0.2) is 30.2 Å². The number of aromatic nitrogens is 1. The van der Waals surface area contributed by atoms with E-state index in [0.29, 0.717) is 12.1 Å². The minimum absolute atomic E-state index is 0.605. The Bertz CT molecular complexity index is 551. The predicted molar refractivity (Wildman–Crippen MR) is 83.1 cm³/mol. The first-order chi connectivity index (χ1) is 9.31. The highest BCUT2D eigenvalue weighted by atomic mass is 32.1. The molecule has 2 aromatic rings. The molecule has 1 aromatic heterocycles. The van der Waals surface area contributed by atoms with Crippen molar-refractivity contribution in [3.63, 3.8) is 0 Å². The van der Waals surface area contributed by atoms with E-state index in [2.05, 4.69) is 47.2 Å². The van der Waals surface area contributed by atoms with Crippen LogP contribution in [0.2, 0.25) is 0 Å². The molecule has 4 heteroatoms. The lowest BCUT2D eigenvalue weighted by atomic mass is 10.0. The molecule has 102 valence electrons. The quantitative estimate of drug-likeness (QED) is 0.932. The van der Waals surface area contributed by atoms with E-state index in [0.717, 1.165) is 18.6 Å². The van der Waals surface area contributed by atoms with E-state index < -0.39 is 0 Å². The van der Waals surface area contributed by atoms with Crippen LogP contribution in [0.15, 0.2) is 23.7 Å². The van der Waals surface area contributed by atoms with E-state index in [-0.39, 0.29) is 0 Å². The first kappa shape index (κ1) is 12.9. The maximum atomic E-state index is 4.36. The van der Waals surface area contributed by atoms with Crippen LogP contribution < -0.4 is 10.2 Å². The number of nitrogens with one attached hydrogen (secondary N) is 1. The van der Waals surface area contributed by atoms with Crippen molar-refractivity contribution < 1.29 is 0 Å². The van der Waals surface area contributed by atoms with Gasteiger partial charge < -0.3 is 10.2 Å². The van der Waals surface area contributed by atoms with Gasteiger partial charge in [0.2, 0.25) is 0 Å². The van der Waals surface area contributed by atoms with Crippen LogP contribution >= 0.6 is 11.3 Å². The lowest BCUT2D eigenvalue weighted by molar-refractivity contribution is 0.379. The highest BCUT2D eigenvalue weighted by molar-refractivity contribution is 7.16. The minimum atomic E-state index is 0.605. The number of thiazole rings is 1. The maximum Gasteiger partial charge on any atom is 0.0813 e. The molecule has 0 saturated carbocycles. The molecular weight excluding hydrogens is 254 g/mol. The molecule has 3 rings (SSSR count). The molecule has 0 amide bonds. The number of fused-ring (bicyclic) bond motifs is 1. The second-order valence-electron chi connectivity index (χ2n) is 5.23. The average Bonchev–Trinajstić information content (AvgIpc) is 2.93. The molecule has 0 bridgehead atoms. The molecule has 1 fully saturated rings. The zero-order valence-corrected chi connectivity index (χ0v) is 12.4. The maximum absolute atomic E-state index is 4.36. The highest BCUT2D eigenvalue weighted by Crippen LogP contribution is 2.27. The minimum Gasteiger partial charge on any atom is -0.366 e. The standard InChI is InChI=1S/C15H21N3S/c1-3-11-9-18(12(4-2)8-16-11)13-5-6-14-15(7-13)19-10-17-14/h5-7,10-12,16H,3-4,8-9H2,1-2H3. The van der Waals surface area contributed by atoms with Crippen LogP contribution in [0, 0.1) is 0 Å². The van der Waals surface area contributed by atoms with Crippen molar-refractivity contribution in [3.05, 3.63) is 23.7 Å². The third-order valence-corrected chi connectivity index (χ3v) is 4.90. The molecule has 2 unspecified atom stereocenters. The van der Waals surface area contributed by atoms with Crippen molar-refractivity contribution in [1.82, 2.24) is 10.3 Å². The van der Waals surface area contributed by atoms with Gasteiger partial charge in [0.05, 0.1) is 15.7 Å². The summed E-state index contributed by atoms with van der Waals surface area (Å²) in [5.74, 6) is 0. The van der Waals surface area contributed by atoms with Crippen molar-refractivity contribution in [2.75, 3.05) is 18.0 Å². The first-order valence-corrected chi connectivity index (χ1v) is 8.03. The van der Waals surface area contributed by atoms with Crippen LogP contribution in [0.4, 0.5) is 5.69 Å². The number of rotatable bonds is 3. The smallest absolute Gasteiger partial charge is 0.0813 e. The molecule has 2 atom stereocenters. The first-order valence-electron chi connectivity index (χ1n) is 7.15. The van der Waals surface area contributed by atoms with Crippen molar-refractivity contribution >= 4 is 27.2 Å². The monoisotopic (exact) mass is 275 g/mol. The van der Waals surface area contributed by atoms with E-state index in [1.54, 1.807) is 11.3 Å².